The van der Waals surface area contributed by atoms with E-state index in [1.807, 2.05) is 38.4 Å². The van der Waals surface area contributed by atoms with Gasteiger partial charge in [0.25, 0.3) is 0 Å². The largest absolute Gasteiger partial charge is 0.389 e. The van der Waals surface area contributed by atoms with Gasteiger partial charge in [0.2, 0.25) is 0 Å². The lowest BCUT2D eigenvalue weighted by Crippen LogP contribution is -2.12. The van der Waals surface area contributed by atoms with Gasteiger partial charge in [0.15, 0.2) is 0 Å². The molecule has 0 saturated carbocycles. The van der Waals surface area contributed by atoms with E-state index in [0.717, 1.165) is 16.9 Å². The molecule has 3 N–H and O–H groups in total. The number of nitrogens with zero attached hydrogens (tertiary/aromatic N) is 1. The lowest BCUT2D eigenvalue weighted by atomic mass is 10.1. The molecular weight excluding hydrogens is 266 g/mol. The van der Waals surface area contributed by atoms with Crippen LogP contribution in [-0.2, 0) is 0 Å². The maximum atomic E-state index is 5.75. The second-order valence-corrected chi connectivity index (χ2v) is 5.37. The third kappa shape index (κ3) is 3.08. The number of hydrogen-bond acceptors (Lipinski definition) is 3. The van der Waals surface area contributed by atoms with Gasteiger partial charge in [0, 0.05) is 36.7 Å². The molecule has 0 unspecified atom stereocenters. The molecule has 0 aliphatic rings. The molecular formula is C16H19N3S. The van der Waals surface area contributed by atoms with Crippen molar-refractivity contribution in [3.05, 3.63) is 53.6 Å². The Bertz CT molecular complexity index is 635. The van der Waals surface area contributed by atoms with E-state index < -0.39 is 0 Å². The summed E-state index contributed by atoms with van der Waals surface area (Å²) in [6.45, 7) is 2.10. The van der Waals surface area contributed by atoms with Gasteiger partial charge in [-0.3, -0.25) is 0 Å². The predicted octanol–water partition coefficient (Wildman–Crippen LogP) is 3.44. The smallest absolute Gasteiger partial charge is 0.106 e. The molecule has 4 heteroatoms. The van der Waals surface area contributed by atoms with Crippen LogP contribution in [0, 0.1) is 6.92 Å². The summed E-state index contributed by atoms with van der Waals surface area (Å²) in [6.07, 6.45) is 0. The van der Waals surface area contributed by atoms with Crippen LogP contribution in [0.2, 0.25) is 0 Å². The van der Waals surface area contributed by atoms with Gasteiger partial charge < -0.3 is 16.0 Å². The van der Waals surface area contributed by atoms with Crippen LogP contribution < -0.4 is 16.0 Å². The van der Waals surface area contributed by atoms with Gasteiger partial charge in [0.05, 0.1) is 0 Å². The first-order chi connectivity index (χ1) is 9.49. The number of thiocarbonyl (C=S) groups is 1. The molecule has 104 valence electrons. The first-order valence-corrected chi connectivity index (χ1v) is 6.83. The Labute approximate surface area is 125 Å². The van der Waals surface area contributed by atoms with E-state index in [-0.39, 0.29) is 0 Å². The van der Waals surface area contributed by atoms with Crippen molar-refractivity contribution in [2.45, 2.75) is 6.92 Å². The van der Waals surface area contributed by atoms with E-state index in [9.17, 15) is 0 Å². The Hall–Kier alpha value is -2.07. The summed E-state index contributed by atoms with van der Waals surface area (Å²) in [5, 5.41) is 3.38. The number of rotatable bonds is 4. The van der Waals surface area contributed by atoms with E-state index in [1.54, 1.807) is 0 Å². The van der Waals surface area contributed by atoms with Crippen LogP contribution in [0.15, 0.2) is 42.5 Å². The van der Waals surface area contributed by atoms with E-state index in [1.165, 1.54) is 11.3 Å². The maximum Gasteiger partial charge on any atom is 0.106 e. The van der Waals surface area contributed by atoms with Crippen LogP contribution in [0.5, 0.6) is 0 Å². The Morgan fingerprint density at radius 3 is 2.50 bits per heavy atom. The number of nitrogens with two attached hydrogens (primary N) is 1. The predicted molar refractivity (Wildman–Crippen MR) is 91.1 cm³/mol. The van der Waals surface area contributed by atoms with Crippen LogP contribution in [0.3, 0.4) is 0 Å². The van der Waals surface area contributed by atoms with E-state index in [0.29, 0.717) is 4.99 Å². The molecule has 0 heterocycles. The van der Waals surface area contributed by atoms with Gasteiger partial charge in [-0.05, 0) is 36.8 Å². The molecule has 0 radical (unpaired) electrons. The van der Waals surface area contributed by atoms with Gasteiger partial charge in [-0.1, -0.05) is 30.4 Å². The molecule has 0 fully saturated rings. The van der Waals surface area contributed by atoms with E-state index >= 15 is 0 Å². The summed E-state index contributed by atoms with van der Waals surface area (Å²) in [5.74, 6) is 0. The highest BCUT2D eigenvalue weighted by molar-refractivity contribution is 7.80. The zero-order valence-electron chi connectivity index (χ0n) is 12.0. The summed E-state index contributed by atoms with van der Waals surface area (Å²) in [7, 11) is 4.07. The first-order valence-electron chi connectivity index (χ1n) is 6.43. The van der Waals surface area contributed by atoms with Gasteiger partial charge in [-0.2, -0.15) is 0 Å². The highest BCUT2D eigenvalue weighted by atomic mass is 32.1. The standard InChI is InChI=1S/C16H19N3S/c1-11-8-9-12(10-15(11)19(2)3)18-14-7-5-4-6-13(14)16(17)20/h4-10,18H,1-3H3,(H2,17,20). The third-order valence-electron chi connectivity index (χ3n) is 3.16. The maximum absolute atomic E-state index is 5.75. The van der Waals surface area contributed by atoms with Crippen molar-refractivity contribution in [1.82, 2.24) is 0 Å². The number of nitrogens with one attached hydrogen (secondary N) is 1. The third-order valence-corrected chi connectivity index (χ3v) is 3.38. The van der Waals surface area contributed by atoms with Crippen LogP contribution in [0.1, 0.15) is 11.1 Å². The summed E-state index contributed by atoms with van der Waals surface area (Å²) >= 11 is 5.08. The Morgan fingerprint density at radius 1 is 1.15 bits per heavy atom. The van der Waals surface area contributed by atoms with Crippen molar-refractivity contribution in [3.8, 4) is 0 Å². The monoisotopic (exact) mass is 285 g/mol. The quantitative estimate of drug-likeness (QED) is 0.844. The van der Waals surface area contributed by atoms with E-state index in [4.69, 9.17) is 18.0 Å². The van der Waals surface area contributed by atoms with Gasteiger partial charge in [-0.25, -0.2) is 0 Å². The minimum atomic E-state index is 0.396. The van der Waals surface area contributed by atoms with Crippen molar-refractivity contribution in [2.75, 3.05) is 24.3 Å². The Balaban J connectivity index is 2.36. The lowest BCUT2D eigenvalue weighted by Gasteiger charge is -2.18. The number of anilines is 3. The molecule has 20 heavy (non-hydrogen) atoms. The molecule has 0 atom stereocenters. The van der Waals surface area contributed by atoms with Crippen LogP contribution in [0.25, 0.3) is 0 Å². The average molecular weight is 285 g/mol. The van der Waals surface area contributed by atoms with Gasteiger partial charge in [0.1, 0.15) is 4.99 Å². The fourth-order valence-electron chi connectivity index (χ4n) is 2.13. The van der Waals surface area contributed by atoms with E-state index in [2.05, 4.69) is 35.3 Å². The topological polar surface area (TPSA) is 41.3 Å². The molecule has 0 saturated heterocycles. The number of aryl methyl sites for hydroxylation is 1. The number of hydrogen-bond donors (Lipinski definition) is 2. The fraction of sp³-hybridized carbons (Fsp3) is 0.188. The zero-order valence-corrected chi connectivity index (χ0v) is 12.8. The second-order valence-electron chi connectivity index (χ2n) is 4.93. The summed E-state index contributed by atoms with van der Waals surface area (Å²) in [4.78, 5) is 2.49. The molecule has 0 aliphatic carbocycles. The Kier molecular flexibility index (Phi) is 4.25. The summed E-state index contributed by atoms with van der Waals surface area (Å²) in [5.41, 5.74) is 11.0. The normalized spacial score (nSPS) is 10.2. The Morgan fingerprint density at radius 2 is 1.85 bits per heavy atom. The van der Waals surface area contributed by atoms with Crippen molar-refractivity contribution in [3.63, 3.8) is 0 Å². The molecule has 2 aromatic rings. The zero-order chi connectivity index (χ0) is 14.7. The van der Waals surface area contributed by atoms with Crippen LogP contribution in [0.4, 0.5) is 17.1 Å². The minimum absolute atomic E-state index is 0.396. The van der Waals surface area contributed by atoms with Crippen molar-refractivity contribution in [1.29, 1.82) is 0 Å². The molecule has 0 amide bonds. The lowest BCUT2D eigenvalue weighted by molar-refractivity contribution is 1.11. The molecule has 2 rings (SSSR count). The van der Waals surface area contributed by atoms with Crippen molar-refractivity contribution >= 4 is 34.3 Å². The van der Waals surface area contributed by atoms with Gasteiger partial charge >= 0.3 is 0 Å². The molecule has 2 aromatic carbocycles. The first kappa shape index (κ1) is 14.3. The van der Waals surface area contributed by atoms with Crippen molar-refractivity contribution < 1.29 is 0 Å². The molecule has 0 spiro atoms. The fourth-order valence-corrected chi connectivity index (χ4v) is 2.31. The number of benzene rings is 2. The number of para-hydroxylation sites is 1. The van der Waals surface area contributed by atoms with Crippen LogP contribution >= 0.6 is 12.2 Å². The molecule has 0 bridgehead atoms. The second kappa shape index (κ2) is 5.92. The SMILES string of the molecule is Cc1ccc(Nc2ccccc2C(N)=S)cc1N(C)C. The van der Waals surface area contributed by atoms with Gasteiger partial charge in [-0.15, -0.1) is 0 Å². The van der Waals surface area contributed by atoms with Crippen LogP contribution in [-0.4, -0.2) is 19.1 Å². The highest BCUT2D eigenvalue weighted by Gasteiger charge is 2.06. The summed E-state index contributed by atoms with van der Waals surface area (Å²) in [6, 6.07) is 14.1. The molecule has 0 aliphatic heterocycles. The highest BCUT2D eigenvalue weighted by Crippen LogP contribution is 2.26. The average Bonchev–Trinajstić information content (AvgIpc) is 2.41. The van der Waals surface area contributed by atoms with Crippen molar-refractivity contribution in [2.24, 2.45) is 5.73 Å². The minimum Gasteiger partial charge on any atom is -0.389 e. The molecule has 0 aromatic heterocycles. The molecule has 3 nitrogen and oxygen atoms in total. The summed E-state index contributed by atoms with van der Waals surface area (Å²) < 4.78 is 0.